The molecule has 1 aliphatic rings. The number of hydrogen-bond donors (Lipinski definition) is 0. The highest BCUT2D eigenvalue weighted by Gasteiger charge is 2.32. The Kier molecular flexibility index (Phi) is 1.22. The summed E-state index contributed by atoms with van der Waals surface area (Å²) in [6, 6.07) is 2.07. The molecule has 0 unspecified atom stereocenters. The highest BCUT2D eigenvalue weighted by Crippen LogP contribution is 2.28. The van der Waals surface area contributed by atoms with Crippen LogP contribution in [0.4, 0.5) is 0 Å². The Hall–Kier alpha value is -0.550. The lowest BCUT2D eigenvalue weighted by Crippen LogP contribution is -2.39. The summed E-state index contributed by atoms with van der Waals surface area (Å²) in [7, 11) is 0. The molecule has 1 radical (unpaired) electrons. The molecule has 8 heavy (non-hydrogen) atoms. The van der Waals surface area contributed by atoms with Crippen molar-refractivity contribution in [3.05, 3.63) is 6.92 Å². The standard InChI is InChI=1S/C6H8NO/c1-6(2-3-7)4-8-5-6/h1-2,4-5H2. The molecule has 43 valence electrons. The Balaban J connectivity index is 2.33. The molecule has 0 bridgehead atoms. The van der Waals surface area contributed by atoms with E-state index in [1.165, 1.54) is 0 Å². The summed E-state index contributed by atoms with van der Waals surface area (Å²) in [6.07, 6.45) is 0.521. The van der Waals surface area contributed by atoms with Crippen LogP contribution in [0.3, 0.4) is 0 Å². The number of nitriles is 1. The predicted octanol–water partition coefficient (Wildman–Crippen LogP) is 0.751. The molecule has 0 aromatic carbocycles. The molecule has 0 atom stereocenters. The normalized spacial score (nSPS) is 23.5. The zero-order valence-electron chi connectivity index (χ0n) is 4.68. The fraction of sp³-hybridized carbons (Fsp3) is 0.667. The van der Waals surface area contributed by atoms with E-state index in [9.17, 15) is 0 Å². The molecule has 0 N–H and O–H groups in total. The molecule has 0 aromatic rings. The van der Waals surface area contributed by atoms with E-state index in [1.54, 1.807) is 0 Å². The first-order valence-corrected chi connectivity index (χ1v) is 2.57. The smallest absolute Gasteiger partial charge is 0.0629 e. The second-order valence-corrected chi connectivity index (χ2v) is 2.33. The van der Waals surface area contributed by atoms with Crippen molar-refractivity contribution >= 4 is 0 Å². The molecule has 1 fully saturated rings. The quantitative estimate of drug-likeness (QED) is 0.499. The molecule has 1 heterocycles. The molecular formula is C6H8NO. The lowest BCUT2D eigenvalue weighted by Gasteiger charge is -2.35. The van der Waals surface area contributed by atoms with E-state index < -0.39 is 0 Å². The average molecular weight is 110 g/mol. The Labute approximate surface area is 49.1 Å². The van der Waals surface area contributed by atoms with Crippen LogP contribution >= 0.6 is 0 Å². The van der Waals surface area contributed by atoms with Crippen molar-refractivity contribution in [2.45, 2.75) is 6.42 Å². The third kappa shape index (κ3) is 0.823. The highest BCUT2D eigenvalue weighted by atomic mass is 16.5. The van der Waals surface area contributed by atoms with Gasteiger partial charge in [0.15, 0.2) is 0 Å². The van der Waals surface area contributed by atoms with Gasteiger partial charge >= 0.3 is 0 Å². The van der Waals surface area contributed by atoms with Gasteiger partial charge in [-0.05, 0) is 6.92 Å². The molecule has 2 nitrogen and oxygen atoms in total. The van der Waals surface area contributed by atoms with E-state index in [0.717, 1.165) is 0 Å². The molecule has 0 spiro atoms. The van der Waals surface area contributed by atoms with Crippen LogP contribution in [0.2, 0.25) is 0 Å². The Morgan fingerprint density at radius 3 is 2.50 bits per heavy atom. The van der Waals surface area contributed by atoms with Crippen molar-refractivity contribution in [2.24, 2.45) is 5.41 Å². The highest BCUT2D eigenvalue weighted by molar-refractivity contribution is 4.95. The second kappa shape index (κ2) is 1.75. The topological polar surface area (TPSA) is 33.0 Å². The van der Waals surface area contributed by atoms with Gasteiger partial charge < -0.3 is 4.74 Å². The molecule has 0 aliphatic carbocycles. The summed E-state index contributed by atoms with van der Waals surface area (Å²) < 4.78 is 4.88. The molecule has 1 saturated heterocycles. The van der Waals surface area contributed by atoms with E-state index in [-0.39, 0.29) is 5.41 Å². The molecule has 1 rings (SSSR count). The van der Waals surface area contributed by atoms with E-state index in [4.69, 9.17) is 10.00 Å². The van der Waals surface area contributed by atoms with Crippen LogP contribution in [0.25, 0.3) is 0 Å². The number of ether oxygens (including phenoxy) is 1. The SMILES string of the molecule is [CH2]C1(CC#N)COC1. The van der Waals surface area contributed by atoms with Crippen LogP contribution in [-0.4, -0.2) is 13.2 Å². The summed E-state index contributed by atoms with van der Waals surface area (Å²) in [5, 5.41) is 8.22. The van der Waals surface area contributed by atoms with Gasteiger partial charge in [-0.1, -0.05) is 0 Å². The van der Waals surface area contributed by atoms with Crippen LogP contribution in [-0.2, 0) is 4.74 Å². The van der Waals surface area contributed by atoms with Gasteiger partial charge in [0.05, 0.1) is 19.3 Å². The van der Waals surface area contributed by atoms with Crippen LogP contribution in [0.15, 0.2) is 0 Å². The third-order valence-corrected chi connectivity index (χ3v) is 1.27. The lowest BCUT2D eigenvalue weighted by molar-refractivity contribution is -0.0811. The first-order chi connectivity index (χ1) is 3.77. The monoisotopic (exact) mass is 110 g/mol. The van der Waals surface area contributed by atoms with Gasteiger partial charge in [0.25, 0.3) is 0 Å². The molecule has 1 aliphatic heterocycles. The minimum atomic E-state index is -0.0608. The molecular weight excluding hydrogens is 102 g/mol. The first-order valence-electron chi connectivity index (χ1n) is 2.57. The van der Waals surface area contributed by atoms with Crippen molar-refractivity contribution in [2.75, 3.05) is 13.2 Å². The van der Waals surface area contributed by atoms with Crippen molar-refractivity contribution in [3.63, 3.8) is 0 Å². The number of nitrogens with zero attached hydrogens (tertiary/aromatic N) is 1. The van der Waals surface area contributed by atoms with Crippen molar-refractivity contribution in [1.82, 2.24) is 0 Å². The van der Waals surface area contributed by atoms with E-state index in [2.05, 4.69) is 13.0 Å². The predicted molar refractivity (Wildman–Crippen MR) is 28.8 cm³/mol. The summed E-state index contributed by atoms with van der Waals surface area (Å²) in [5.41, 5.74) is -0.0608. The average Bonchev–Trinajstić information content (AvgIpc) is 1.64. The lowest BCUT2D eigenvalue weighted by atomic mass is 9.86. The zero-order chi connectivity index (χ0) is 6.04. The van der Waals surface area contributed by atoms with E-state index in [0.29, 0.717) is 19.6 Å². The molecule has 2 heteroatoms. The summed E-state index contributed by atoms with van der Waals surface area (Å²) in [4.78, 5) is 0. The largest absolute Gasteiger partial charge is 0.380 e. The molecule has 0 saturated carbocycles. The minimum Gasteiger partial charge on any atom is -0.380 e. The van der Waals surface area contributed by atoms with Crippen LogP contribution in [0.1, 0.15) is 6.42 Å². The number of rotatable bonds is 1. The van der Waals surface area contributed by atoms with Gasteiger partial charge in [-0.2, -0.15) is 5.26 Å². The van der Waals surface area contributed by atoms with Gasteiger partial charge in [-0.25, -0.2) is 0 Å². The van der Waals surface area contributed by atoms with Crippen LogP contribution in [0, 0.1) is 23.7 Å². The molecule has 0 aromatic heterocycles. The third-order valence-electron chi connectivity index (χ3n) is 1.27. The van der Waals surface area contributed by atoms with Gasteiger partial charge in [0, 0.05) is 11.8 Å². The van der Waals surface area contributed by atoms with E-state index in [1.807, 2.05) is 0 Å². The van der Waals surface area contributed by atoms with Gasteiger partial charge in [-0.3, -0.25) is 0 Å². The second-order valence-electron chi connectivity index (χ2n) is 2.33. The van der Waals surface area contributed by atoms with Crippen molar-refractivity contribution in [1.29, 1.82) is 5.26 Å². The fourth-order valence-electron chi connectivity index (χ4n) is 0.661. The summed E-state index contributed by atoms with van der Waals surface area (Å²) >= 11 is 0. The first kappa shape index (κ1) is 5.58. The zero-order valence-corrected chi connectivity index (χ0v) is 4.68. The maximum absolute atomic E-state index is 8.22. The maximum Gasteiger partial charge on any atom is 0.0629 e. The van der Waals surface area contributed by atoms with Crippen LogP contribution < -0.4 is 0 Å². The van der Waals surface area contributed by atoms with Gasteiger partial charge in [0.1, 0.15) is 0 Å². The Morgan fingerprint density at radius 2 is 2.38 bits per heavy atom. The van der Waals surface area contributed by atoms with Crippen molar-refractivity contribution < 1.29 is 4.74 Å². The Morgan fingerprint density at radius 1 is 1.75 bits per heavy atom. The van der Waals surface area contributed by atoms with E-state index >= 15 is 0 Å². The van der Waals surface area contributed by atoms with Gasteiger partial charge in [0.2, 0.25) is 0 Å². The van der Waals surface area contributed by atoms with Crippen LogP contribution in [0.5, 0.6) is 0 Å². The summed E-state index contributed by atoms with van der Waals surface area (Å²) in [5.74, 6) is 0. The fourth-order valence-corrected chi connectivity index (χ4v) is 0.661. The maximum atomic E-state index is 8.22. The van der Waals surface area contributed by atoms with Gasteiger partial charge in [-0.15, -0.1) is 0 Å². The minimum absolute atomic E-state index is 0.0608. The van der Waals surface area contributed by atoms with Crippen molar-refractivity contribution in [3.8, 4) is 6.07 Å². The Bertz CT molecular complexity index is 121. The molecule has 0 amide bonds. The summed E-state index contributed by atoms with van der Waals surface area (Å²) in [6.45, 7) is 5.12. The number of hydrogen-bond acceptors (Lipinski definition) is 2.